The van der Waals surface area contributed by atoms with Gasteiger partial charge in [-0.3, -0.25) is 0 Å². The third-order valence-corrected chi connectivity index (χ3v) is 6.82. The van der Waals surface area contributed by atoms with Crippen LogP contribution in [0.3, 0.4) is 0 Å². The summed E-state index contributed by atoms with van der Waals surface area (Å²) in [6, 6.07) is 30.4. The molecule has 2 aliphatic rings. The molecule has 2 aliphatic heterocycles. The number of nitriles is 1. The molecule has 0 bridgehead atoms. The van der Waals surface area contributed by atoms with E-state index in [1.54, 1.807) is 12.1 Å². The number of hydrogen-bond acceptors (Lipinski definition) is 4. The summed E-state index contributed by atoms with van der Waals surface area (Å²) in [6.07, 6.45) is 4.33. The van der Waals surface area contributed by atoms with Crippen LogP contribution >= 0.6 is 0 Å². The summed E-state index contributed by atoms with van der Waals surface area (Å²) in [7, 11) is 0. The summed E-state index contributed by atoms with van der Waals surface area (Å²) in [5, 5.41) is 18.3. The third kappa shape index (κ3) is 3.95. The summed E-state index contributed by atoms with van der Waals surface area (Å²) < 4.78 is 9.43. The van der Waals surface area contributed by atoms with Crippen molar-refractivity contribution >= 4 is 28.8 Å². The molecule has 5 rings (SSSR count). The molecule has 0 saturated heterocycles. The molecule has 3 aromatic carbocycles. The molecule has 0 radical (unpaired) electrons. The predicted octanol–water partition coefficient (Wildman–Crippen LogP) is 5.19. The quantitative estimate of drug-likeness (QED) is 0.409. The molecule has 0 aromatic heterocycles. The first-order chi connectivity index (χ1) is 16.7. The van der Waals surface area contributed by atoms with E-state index in [1.165, 1.54) is 12.1 Å². The van der Waals surface area contributed by atoms with Crippen molar-refractivity contribution in [2.75, 3.05) is 6.54 Å². The molecule has 5 nitrogen and oxygen atoms in total. The maximum atomic E-state index is 9.05. The van der Waals surface area contributed by atoms with E-state index in [1.807, 2.05) is 31.2 Å². The molecule has 0 fully saturated rings. The topological polar surface area (TPSA) is 60.8 Å². The second kappa shape index (κ2) is 9.48. The number of allylic oxidation sites excluding steroid dienone is 2. The molecule has 0 unspecified atom stereocenters. The Bertz CT molecular complexity index is 1270. The Labute approximate surface area is 200 Å². The molecular formula is C28H27BN4O. The summed E-state index contributed by atoms with van der Waals surface area (Å²) in [5.74, 6) is 0.790. The van der Waals surface area contributed by atoms with Crippen LogP contribution in [0.15, 0.2) is 107 Å². The molecule has 34 heavy (non-hydrogen) atoms. The van der Waals surface area contributed by atoms with Gasteiger partial charge in [0.05, 0.1) is 29.6 Å². The van der Waals surface area contributed by atoms with Crippen molar-refractivity contribution in [1.82, 2.24) is 0 Å². The molecule has 2 heterocycles. The highest BCUT2D eigenvalue weighted by Gasteiger charge is 2.50. The molecule has 0 spiro atoms. The average molecular weight is 446 g/mol. The molecule has 6 heteroatoms. The van der Waals surface area contributed by atoms with Crippen molar-refractivity contribution in [1.29, 1.82) is 5.26 Å². The summed E-state index contributed by atoms with van der Waals surface area (Å²) in [4.78, 5) is 0. The van der Waals surface area contributed by atoms with Gasteiger partial charge in [0.2, 0.25) is 0 Å². The van der Waals surface area contributed by atoms with E-state index in [4.69, 9.17) is 15.0 Å². The van der Waals surface area contributed by atoms with Crippen molar-refractivity contribution in [3.05, 3.63) is 102 Å². The molecule has 3 aromatic rings. The van der Waals surface area contributed by atoms with Crippen LogP contribution in [-0.4, -0.2) is 23.2 Å². The Balaban J connectivity index is 1.67. The third-order valence-electron chi connectivity index (χ3n) is 6.82. The zero-order valence-corrected chi connectivity index (χ0v) is 19.4. The van der Waals surface area contributed by atoms with Crippen LogP contribution in [0, 0.1) is 11.3 Å². The Morgan fingerprint density at radius 2 is 1.47 bits per heavy atom. The van der Waals surface area contributed by atoms with Gasteiger partial charge in [0.25, 0.3) is 0 Å². The van der Waals surface area contributed by atoms with Crippen LogP contribution in [0.2, 0.25) is 0 Å². The number of rotatable bonds is 4. The first-order valence-corrected chi connectivity index (χ1v) is 11.9. The van der Waals surface area contributed by atoms with Crippen LogP contribution in [0.5, 0.6) is 0 Å². The van der Waals surface area contributed by atoms with Crippen molar-refractivity contribution in [3.63, 3.8) is 0 Å². The van der Waals surface area contributed by atoms with Gasteiger partial charge in [-0.1, -0.05) is 71.6 Å². The zero-order valence-electron chi connectivity index (χ0n) is 19.4. The summed E-state index contributed by atoms with van der Waals surface area (Å²) in [5.41, 5.74) is 5.67. The van der Waals surface area contributed by atoms with Gasteiger partial charge >= 0.3 is 6.48 Å². The minimum atomic E-state index is -1.65. The van der Waals surface area contributed by atoms with Gasteiger partial charge in [-0.15, -0.1) is 5.11 Å². The second-order valence-electron chi connectivity index (χ2n) is 8.90. The van der Waals surface area contributed by atoms with E-state index in [-0.39, 0.29) is 0 Å². The van der Waals surface area contributed by atoms with Gasteiger partial charge in [-0.2, -0.15) is 10.4 Å². The standard InChI is InChI=1S/C28H27BN4O/c1-22-28(32-31-26-18-16-23(21-30)17-19-26)27-15-9-4-10-20-33(27)29(34-22,24-11-5-2-6-12-24)25-13-7-3-8-14-25/h2-3,5-8,11-14,16-19H,4,9-10,15,20H2,1H3. The fourth-order valence-electron chi connectivity index (χ4n) is 5.22. The lowest BCUT2D eigenvalue weighted by atomic mass is 9.40. The highest BCUT2D eigenvalue weighted by Crippen LogP contribution is 2.29. The number of nitrogens with zero attached hydrogens (tertiary/aromatic N) is 4. The normalized spacial score (nSPS) is 17.6. The molecule has 0 saturated carbocycles. The van der Waals surface area contributed by atoms with E-state index in [0.717, 1.165) is 48.2 Å². The van der Waals surface area contributed by atoms with Gasteiger partial charge in [-0.25, -0.2) is 0 Å². The summed E-state index contributed by atoms with van der Waals surface area (Å²) in [6.45, 7) is 1.26. The monoisotopic (exact) mass is 446 g/mol. The van der Waals surface area contributed by atoms with Gasteiger partial charge in [0, 0.05) is 12.8 Å². The van der Waals surface area contributed by atoms with E-state index in [9.17, 15) is 0 Å². The van der Waals surface area contributed by atoms with Gasteiger partial charge in [-0.05, 0) is 44.0 Å². The predicted molar refractivity (Wildman–Crippen MR) is 136 cm³/mol. The van der Waals surface area contributed by atoms with Gasteiger partial charge in [0.1, 0.15) is 0 Å². The van der Waals surface area contributed by atoms with Crippen LogP contribution < -0.4 is 10.9 Å². The molecule has 0 aliphatic carbocycles. The number of azo groups is 1. The Morgan fingerprint density at radius 1 is 0.824 bits per heavy atom. The molecular weight excluding hydrogens is 419 g/mol. The largest absolute Gasteiger partial charge is 0.653 e. The maximum Gasteiger partial charge on any atom is 0.508 e. The molecule has 0 N–H and O–H groups in total. The minimum absolute atomic E-state index is 0.609. The summed E-state index contributed by atoms with van der Waals surface area (Å²) >= 11 is 0. The fraction of sp³-hybridized carbons (Fsp3) is 0.214. The molecule has 0 atom stereocenters. The second-order valence-corrected chi connectivity index (χ2v) is 8.90. The van der Waals surface area contributed by atoms with Gasteiger partial charge < -0.3 is 9.14 Å². The van der Waals surface area contributed by atoms with E-state index in [0.29, 0.717) is 11.3 Å². The van der Waals surface area contributed by atoms with Crippen molar-refractivity contribution in [3.8, 4) is 6.07 Å². The van der Waals surface area contributed by atoms with Crippen LogP contribution in [0.4, 0.5) is 5.69 Å². The Hall–Kier alpha value is -3.98. The van der Waals surface area contributed by atoms with Crippen molar-refractivity contribution < 1.29 is 9.14 Å². The van der Waals surface area contributed by atoms with Gasteiger partial charge in [0.15, 0.2) is 11.4 Å². The van der Waals surface area contributed by atoms with Crippen LogP contribution in [-0.2, 0) is 4.65 Å². The first-order valence-electron chi connectivity index (χ1n) is 11.9. The van der Waals surface area contributed by atoms with E-state index in [2.05, 4.69) is 64.2 Å². The highest BCUT2D eigenvalue weighted by molar-refractivity contribution is 6.92. The minimum Gasteiger partial charge on any atom is -0.653 e. The molecule has 168 valence electrons. The molecule has 0 amide bonds. The number of hydrogen-bond donors (Lipinski definition) is 0. The van der Waals surface area contributed by atoms with Crippen molar-refractivity contribution in [2.24, 2.45) is 10.2 Å². The van der Waals surface area contributed by atoms with Crippen LogP contribution in [0.25, 0.3) is 0 Å². The van der Waals surface area contributed by atoms with Crippen molar-refractivity contribution in [2.45, 2.75) is 32.6 Å². The zero-order chi connectivity index (χ0) is 23.4. The Morgan fingerprint density at radius 3 is 2.09 bits per heavy atom. The first kappa shape index (κ1) is 21.8. The average Bonchev–Trinajstić information content (AvgIpc) is 3.16. The number of benzene rings is 3. The van der Waals surface area contributed by atoms with E-state index < -0.39 is 6.48 Å². The fourth-order valence-corrected chi connectivity index (χ4v) is 5.22. The SMILES string of the molecule is CC1=C(N=Nc2ccc(C#N)cc2)C2=[N+](CCCCC2)[B-](c2ccccc2)(c2ccccc2)O1. The lowest BCUT2D eigenvalue weighted by Gasteiger charge is -2.43. The lowest BCUT2D eigenvalue weighted by molar-refractivity contribution is -0.413. The Kier molecular flexibility index (Phi) is 6.10. The maximum absolute atomic E-state index is 9.05. The highest BCUT2D eigenvalue weighted by atomic mass is 16.5. The van der Waals surface area contributed by atoms with Crippen LogP contribution in [0.1, 0.15) is 38.2 Å². The smallest absolute Gasteiger partial charge is 0.508 e. The van der Waals surface area contributed by atoms with E-state index >= 15 is 0 Å². The lowest BCUT2D eigenvalue weighted by Crippen LogP contribution is -2.71.